The van der Waals surface area contributed by atoms with Crippen molar-refractivity contribution in [3.05, 3.63) is 64.6 Å². The molecule has 0 radical (unpaired) electrons. The van der Waals surface area contributed by atoms with E-state index in [1.165, 1.54) is 0 Å². The van der Waals surface area contributed by atoms with Crippen LogP contribution in [-0.2, 0) is 20.9 Å². The Morgan fingerprint density at radius 3 is 2.29 bits per heavy atom. The monoisotopic (exact) mass is 448 g/mol. The van der Waals surface area contributed by atoms with Gasteiger partial charge in [-0.3, -0.25) is 4.79 Å². The molecule has 2 aromatic carbocycles. The number of anilines is 1. The van der Waals surface area contributed by atoms with E-state index in [-0.39, 0.29) is 12.5 Å². The zero-order chi connectivity index (χ0) is 20.6. The van der Waals surface area contributed by atoms with Crippen molar-refractivity contribution in [3.8, 4) is 0 Å². The van der Waals surface area contributed by atoms with Gasteiger partial charge in [-0.15, -0.1) is 0 Å². The van der Waals surface area contributed by atoms with Crippen LogP contribution in [0.3, 0.4) is 0 Å². The van der Waals surface area contributed by atoms with Crippen LogP contribution in [0, 0.1) is 0 Å². The molecule has 0 spiro atoms. The molecule has 0 saturated heterocycles. The van der Waals surface area contributed by atoms with Crippen LogP contribution in [-0.4, -0.2) is 30.3 Å². The molecule has 0 heterocycles. The first kappa shape index (κ1) is 21.9. The van der Waals surface area contributed by atoms with Crippen molar-refractivity contribution < 1.29 is 19.1 Å². The Kier molecular flexibility index (Phi) is 8.02. The van der Waals surface area contributed by atoms with E-state index in [9.17, 15) is 9.59 Å². The van der Waals surface area contributed by atoms with E-state index in [0.717, 1.165) is 10.0 Å². The van der Waals surface area contributed by atoms with Gasteiger partial charge in [0, 0.05) is 10.2 Å². The molecule has 0 aliphatic heterocycles. The van der Waals surface area contributed by atoms with Crippen LogP contribution in [0.4, 0.5) is 10.5 Å². The molecule has 28 heavy (non-hydrogen) atoms. The number of hydrogen-bond donors (Lipinski definition) is 2. The van der Waals surface area contributed by atoms with Crippen molar-refractivity contribution in [2.24, 2.45) is 0 Å². The second-order valence-corrected chi connectivity index (χ2v) is 8.11. The number of alkyl carbamates (subject to hydrolysis) is 1. The summed E-state index contributed by atoms with van der Waals surface area (Å²) in [6.07, 6.45) is -0.674. The molecule has 2 aromatic rings. The summed E-state index contributed by atoms with van der Waals surface area (Å²) in [5.41, 5.74) is 0.931. The first-order valence-electron chi connectivity index (χ1n) is 8.90. The van der Waals surface area contributed by atoms with Crippen LogP contribution in [0.1, 0.15) is 26.3 Å². The number of rotatable bonds is 7. The Balaban J connectivity index is 2.00. The fourth-order valence-electron chi connectivity index (χ4n) is 2.26. The normalized spacial score (nSPS) is 12.1. The van der Waals surface area contributed by atoms with Crippen molar-refractivity contribution in [2.45, 2.75) is 39.0 Å². The van der Waals surface area contributed by atoms with E-state index in [0.29, 0.717) is 12.3 Å². The predicted octanol–water partition coefficient (Wildman–Crippen LogP) is 4.50. The molecular formula is C21H25BrN2O4. The van der Waals surface area contributed by atoms with E-state index in [4.69, 9.17) is 9.47 Å². The van der Waals surface area contributed by atoms with Gasteiger partial charge in [0.1, 0.15) is 11.6 Å². The second-order valence-electron chi connectivity index (χ2n) is 7.20. The van der Waals surface area contributed by atoms with E-state index < -0.39 is 17.7 Å². The Morgan fingerprint density at radius 2 is 1.68 bits per heavy atom. The summed E-state index contributed by atoms with van der Waals surface area (Å²) in [4.78, 5) is 24.8. The maximum absolute atomic E-state index is 12.7. The van der Waals surface area contributed by atoms with Gasteiger partial charge in [0.2, 0.25) is 5.91 Å². The quantitative estimate of drug-likeness (QED) is 0.653. The number of hydrogen-bond acceptors (Lipinski definition) is 4. The number of benzene rings is 2. The standard InChI is InChI=1S/C21H25BrN2O4/c1-21(2,3)28-20(26)24-18(14-27-13-15-7-5-4-6-8-15)19(25)23-17-11-9-16(22)10-12-17/h4-12,18H,13-14H2,1-3H3,(H,23,25)(H,24,26). The topological polar surface area (TPSA) is 76.7 Å². The molecule has 1 atom stereocenters. The molecule has 150 valence electrons. The van der Waals surface area contributed by atoms with Crippen LogP contribution in [0.5, 0.6) is 0 Å². The maximum Gasteiger partial charge on any atom is 0.408 e. The molecule has 6 nitrogen and oxygen atoms in total. The molecule has 0 bridgehead atoms. The number of carbonyl (C=O) groups excluding carboxylic acids is 2. The molecule has 2 rings (SSSR count). The van der Waals surface area contributed by atoms with Gasteiger partial charge in [0.25, 0.3) is 0 Å². The van der Waals surface area contributed by atoms with Crippen molar-refractivity contribution >= 4 is 33.6 Å². The van der Waals surface area contributed by atoms with E-state index in [1.807, 2.05) is 42.5 Å². The highest BCUT2D eigenvalue weighted by Gasteiger charge is 2.24. The molecule has 0 aromatic heterocycles. The molecule has 2 amide bonds. The van der Waals surface area contributed by atoms with Crippen molar-refractivity contribution in [1.82, 2.24) is 5.32 Å². The third-order valence-corrected chi connectivity index (χ3v) is 4.04. The number of halogens is 1. The largest absolute Gasteiger partial charge is 0.444 e. The summed E-state index contributed by atoms with van der Waals surface area (Å²) in [5.74, 6) is -0.388. The third-order valence-electron chi connectivity index (χ3n) is 3.52. The number of nitrogens with one attached hydrogen (secondary N) is 2. The SMILES string of the molecule is CC(C)(C)OC(=O)NC(COCc1ccccc1)C(=O)Nc1ccc(Br)cc1. The van der Waals surface area contributed by atoms with Gasteiger partial charge >= 0.3 is 6.09 Å². The molecule has 0 fully saturated rings. The van der Waals surface area contributed by atoms with Crippen LogP contribution in [0.2, 0.25) is 0 Å². The summed E-state index contributed by atoms with van der Waals surface area (Å²) in [7, 11) is 0. The Bertz CT molecular complexity index is 773. The van der Waals surface area contributed by atoms with Crippen LogP contribution in [0.15, 0.2) is 59.1 Å². The molecule has 1 unspecified atom stereocenters. The van der Waals surface area contributed by atoms with Crippen molar-refractivity contribution in [1.29, 1.82) is 0 Å². The van der Waals surface area contributed by atoms with E-state index in [1.54, 1.807) is 32.9 Å². The zero-order valence-electron chi connectivity index (χ0n) is 16.2. The molecule has 2 N–H and O–H groups in total. The fraction of sp³-hybridized carbons (Fsp3) is 0.333. The number of ether oxygens (including phenoxy) is 2. The first-order chi connectivity index (χ1) is 13.2. The van der Waals surface area contributed by atoms with Gasteiger partial charge in [0.05, 0.1) is 13.2 Å². The smallest absolute Gasteiger partial charge is 0.408 e. The van der Waals surface area contributed by atoms with Gasteiger partial charge in [-0.05, 0) is 50.6 Å². The Hall–Kier alpha value is -2.38. The zero-order valence-corrected chi connectivity index (χ0v) is 17.8. The minimum atomic E-state index is -0.901. The summed E-state index contributed by atoms with van der Waals surface area (Å²) < 4.78 is 11.8. The lowest BCUT2D eigenvalue weighted by Crippen LogP contribution is -2.48. The van der Waals surface area contributed by atoms with E-state index >= 15 is 0 Å². The van der Waals surface area contributed by atoms with Gasteiger partial charge in [0.15, 0.2) is 0 Å². The van der Waals surface area contributed by atoms with Gasteiger partial charge in [-0.1, -0.05) is 46.3 Å². The summed E-state index contributed by atoms with van der Waals surface area (Å²) in [5, 5.41) is 5.36. The summed E-state index contributed by atoms with van der Waals surface area (Å²) in [6, 6.07) is 15.9. The average molecular weight is 449 g/mol. The summed E-state index contributed by atoms with van der Waals surface area (Å²) in [6.45, 7) is 5.62. The van der Waals surface area contributed by atoms with Crippen LogP contribution in [0.25, 0.3) is 0 Å². The lowest BCUT2D eigenvalue weighted by Gasteiger charge is -2.23. The van der Waals surface area contributed by atoms with Gasteiger partial charge in [-0.2, -0.15) is 0 Å². The van der Waals surface area contributed by atoms with Crippen LogP contribution < -0.4 is 10.6 Å². The highest BCUT2D eigenvalue weighted by molar-refractivity contribution is 9.10. The molecular weight excluding hydrogens is 424 g/mol. The molecule has 0 aliphatic carbocycles. The summed E-state index contributed by atoms with van der Waals surface area (Å²) >= 11 is 3.35. The Morgan fingerprint density at radius 1 is 1.04 bits per heavy atom. The molecule has 7 heteroatoms. The minimum Gasteiger partial charge on any atom is -0.444 e. The number of carbonyl (C=O) groups is 2. The van der Waals surface area contributed by atoms with Crippen molar-refractivity contribution in [2.75, 3.05) is 11.9 Å². The third kappa shape index (κ3) is 8.10. The number of amides is 2. The average Bonchev–Trinajstić information content (AvgIpc) is 2.62. The lowest BCUT2D eigenvalue weighted by atomic mass is 10.2. The first-order valence-corrected chi connectivity index (χ1v) is 9.70. The Labute approximate surface area is 173 Å². The van der Waals surface area contributed by atoms with Gasteiger partial charge < -0.3 is 20.1 Å². The second kappa shape index (κ2) is 10.2. The molecule has 0 aliphatic rings. The van der Waals surface area contributed by atoms with Crippen molar-refractivity contribution in [3.63, 3.8) is 0 Å². The maximum atomic E-state index is 12.7. The highest BCUT2D eigenvalue weighted by Crippen LogP contribution is 2.14. The molecule has 0 saturated carbocycles. The minimum absolute atomic E-state index is 0.0104. The van der Waals surface area contributed by atoms with Crippen LogP contribution >= 0.6 is 15.9 Å². The predicted molar refractivity (Wildman–Crippen MR) is 112 cm³/mol. The lowest BCUT2D eigenvalue weighted by molar-refractivity contribution is -0.119. The van der Waals surface area contributed by atoms with Gasteiger partial charge in [-0.25, -0.2) is 4.79 Å². The fourth-order valence-corrected chi connectivity index (χ4v) is 2.53. The highest BCUT2D eigenvalue weighted by atomic mass is 79.9. The van der Waals surface area contributed by atoms with E-state index in [2.05, 4.69) is 26.6 Å².